The predicted octanol–water partition coefficient (Wildman–Crippen LogP) is 5.74. The van der Waals surface area contributed by atoms with E-state index in [-0.39, 0.29) is 47.8 Å². The Morgan fingerprint density at radius 3 is 2.32 bits per heavy atom. The molecule has 244 valence electrons. The number of hydrogen-bond donors (Lipinski definition) is 2. The van der Waals surface area contributed by atoms with Gasteiger partial charge in [-0.25, -0.2) is 9.97 Å². The summed E-state index contributed by atoms with van der Waals surface area (Å²) in [6.45, 7) is 6.65. The van der Waals surface area contributed by atoms with Gasteiger partial charge in [-0.1, -0.05) is 27.2 Å². The van der Waals surface area contributed by atoms with Gasteiger partial charge < -0.3 is 20.1 Å². The highest BCUT2D eigenvalue weighted by Crippen LogP contribution is 2.34. The van der Waals surface area contributed by atoms with Crippen molar-refractivity contribution in [1.82, 2.24) is 20.2 Å². The van der Waals surface area contributed by atoms with Crippen LogP contribution in [0.2, 0.25) is 0 Å². The van der Waals surface area contributed by atoms with Crippen LogP contribution in [0.15, 0.2) is 10.8 Å². The number of alkyl halides is 3. The van der Waals surface area contributed by atoms with Gasteiger partial charge in [-0.2, -0.15) is 13.2 Å². The molecule has 2 aromatic rings. The third-order valence-corrected chi connectivity index (χ3v) is 9.61. The largest absolute Gasteiger partial charge is 0.481 e. The lowest BCUT2D eigenvalue weighted by Crippen LogP contribution is -2.42. The van der Waals surface area contributed by atoms with E-state index in [1.54, 1.807) is 11.9 Å². The highest BCUT2D eigenvalue weighted by Gasteiger charge is 2.35. The monoisotopic (exact) mass is 660 g/mol. The summed E-state index contributed by atoms with van der Waals surface area (Å²) in [7, 11) is 1.75. The topological polar surface area (TPSA) is 139 Å². The number of aliphatic carboxylic acids is 1. The molecule has 2 N–H and O–H groups in total. The molecule has 0 aromatic carbocycles. The molecule has 15 heteroatoms. The van der Waals surface area contributed by atoms with Gasteiger partial charge in [-0.05, 0) is 31.1 Å². The second-order valence-electron chi connectivity index (χ2n) is 11.7. The number of esters is 1. The standard InChI is InChI=1S/C29H39F3N4O6S2/c1-15(2)21(36(5)25(38)10-18-7-6-8-18)12-22(42-17(4)37)27-34-20(13-44-27)26(39)33-19(9-16(3)28(40)41)11-24-35-23(14-43-24)29(30,31)32/h13-16,18-19,21-22H,6-12H2,1-5H3,(H,33,39)(H,40,41)/t16-,19+,21?,22+/m0/s1. The number of thiazole rings is 2. The van der Waals surface area contributed by atoms with E-state index in [1.807, 2.05) is 13.8 Å². The Morgan fingerprint density at radius 2 is 1.80 bits per heavy atom. The lowest BCUT2D eigenvalue weighted by Gasteiger charge is -2.35. The molecule has 0 radical (unpaired) electrons. The first-order chi connectivity index (χ1) is 20.5. The minimum absolute atomic E-state index is 0.0132. The second-order valence-corrected chi connectivity index (χ2v) is 13.5. The van der Waals surface area contributed by atoms with Gasteiger partial charge in [0.15, 0.2) is 11.8 Å². The number of ether oxygens (including phenoxy) is 1. The van der Waals surface area contributed by atoms with Gasteiger partial charge in [-0.15, -0.1) is 22.7 Å². The molecule has 0 spiro atoms. The van der Waals surface area contributed by atoms with Crippen LogP contribution in [0, 0.1) is 17.8 Å². The van der Waals surface area contributed by atoms with Crippen LogP contribution < -0.4 is 5.32 Å². The molecule has 1 fully saturated rings. The van der Waals surface area contributed by atoms with Crippen molar-refractivity contribution in [3.05, 3.63) is 32.2 Å². The van der Waals surface area contributed by atoms with E-state index in [2.05, 4.69) is 15.3 Å². The molecule has 2 aromatic heterocycles. The van der Waals surface area contributed by atoms with E-state index >= 15 is 0 Å². The van der Waals surface area contributed by atoms with Crippen LogP contribution in [0.3, 0.4) is 0 Å². The Balaban J connectivity index is 1.77. The first-order valence-electron chi connectivity index (χ1n) is 14.5. The van der Waals surface area contributed by atoms with Gasteiger partial charge >= 0.3 is 18.1 Å². The van der Waals surface area contributed by atoms with Crippen molar-refractivity contribution < 1.29 is 42.2 Å². The molecule has 1 aliphatic carbocycles. The molecular formula is C29H39F3N4O6S2. The smallest absolute Gasteiger partial charge is 0.434 e. The maximum Gasteiger partial charge on any atom is 0.434 e. The van der Waals surface area contributed by atoms with Crippen LogP contribution in [-0.2, 0) is 31.7 Å². The number of carbonyl (C=O) groups is 4. The number of halogens is 3. The molecule has 0 saturated heterocycles. The van der Waals surface area contributed by atoms with E-state index in [0.717, 1.165) is 47.3 Å². The Labute approximate surface area is 262 Å². The first kappa shape index (κ1) is 35.4. The lowest BCUT2D eigenvalue weighted by atomic mass is 9.82. The Morgan fingerprint density at radius 1 is 1.11 bits per heavy atom. The molecule has 0 bridgehead atoms. The average molecular weight is 661 g/mol. The van der Waals surface area contributed by atoms with E-state index in [4.69, 9.17) is 4.74 Å². The van der Waals surface area contributed by atoms with E-state index in [1.165, 1.54) is 19.2 Å². The quantitative estimate of drug-likeness (QED) is 0.231. The van der Waals surface area contributed by atoms with Crippen LogP contribution in [0.25, 0.3) is 0 Å². The number of amides is 2. The highest BCUT2D eigenvalue weighted by atomic mass is 32.1. The number of nitrogens with zero attached hydrogens (tertiary/aromatic N) is 3. The van der Waals surface area contributed by atoms with Gasteiger partial charge in [0.25, 0.3) is 5.91 Å². The zero-order valence-corrected chi connectivity index (χ0v) is 27.0. The molecule has 0 aliphatic heterocycles. The summed E-state index contributed by atoms with van der Waals surface area (Å²) in [4.78, 5) is 59.4. The molecule has 2 amide bonds. The zero-order chi connectivity index (χ0) is 32.8. The van der Waals surface area contributed by atoms with Crippen molar-refractivity contribution >= 4 is 46.4 Å². The molecule has 1 saturated carbocycles. The number of nitrogens with one attached hydrogen (secondary N) is 1. The van der Waals surface area contributed by atoms with Crippen molar-refractivity contribution in [3.8, 4) is 0 Å². The summed E-state index contributed by atoms with van der Waals surface area (Å²) in [5.41, 5.74) is -1.06. The second kappa shape index (κ2) is 15.3. The van der Waals surface area contributed by atoms with Crippen molar-refractivity contribution in [1.29, 1.82) is 0 Å². The fourth-order valence-electron chi connectivity index (χ4n) is 5.03. The fraction of sp³-hybridized carbons (Fsp3) is 0.655. The third kappa shape index (κ3) is 9.98. The van der Waals surface area contributed by atoms with Crippen molar-refractivity contribution in [2.24, 2.45) is 17.8 Å². The number of carbonyl (C=O) groups excluding carboxylic acids is 3. The van der Waals surface area contributed by atoms with Crippen LogP contribution in [0.4, 0.5) is 13.2 Å². The minimum atomic E-state index is -4.62. The molecule has 10 nitrogen and oxygen atoms in total. The average Bonchev–Trinajstić information content (AvgIpc) is 3.58. The van der Waals surface area contributed by atoms with Gasteiger partial charge in [-0.3, -0.25) is 19.2 Å². The zero-order valence-electron chi connectivity index (χ0n) is 25.3. The molecule has 2 heterocycles. The summed E-state index contributed by atoms with van der Waals surface area (Å²) in [5.74, 6) is -2.75. The van der Waals surface area contributed by atoms with Crippen molar-refractivity contribution in [2.75, 3.05) is 7.05 Å². The molecule has 1 unspecified atom stereocenters. The molecule has 44 heavy (non-hydrogen) atoms. The van der Waals surface area contributed by atoms with Gasteiger partial charge in [0.1, 0.15) is 10.7 Å². The van der Waals surface area contributed by atoms with Crippen molar-refractivity contribution in [2.45, 2.75) is 97.0 Å². The number of hydrogen-bond acceptors (Lipinski definition) is 9. The molecule has 4 atom stereocenters. The van der Waals surface area contributed by atoms with Gasteiger partial charge in [0.05, 0.1) is 10.9 Å². The number of carboxylic acids is 1. The van der Waals surface area contributed by atoms with Gasteiger partial charge in [0.2, 0.25) is 5.91 Å². The van der Waals surface area contributed by atoms with Crippen LogP contribution in [0.5, 0.6) is 0 Å². The SMILES string of the molecule is CC(=O)O[C@H](CC(C(C)C)N(C)C(=O)CC1CCC1)c1nc(C(=O)N[C@@H](Cc2nc(C(F)(F)F)cs2)C[C@H](C)C(=O)O)cs1. The summed E-state index contributed by atoms with van der Waals surface area (Å²) in [6, 6.07) is -1.11. The molecular weight excluding hydrogens is 621 g/mol. The Kier molecular flexibility index (Phi) is 12.3. The lowest BCUT2D eigenvalue weighted by molar-refractivity contribution is -0.148. The summed E-state index contributed by atoms with van der Waals surface area (Å²) in [6.07, 6.45) is -1.65. The summed E-state index contributed by atoms with van der Waals surface area (Å²) >= 11 is 1.88. The minimum Gasteiger partial charge on any atom is -0.481 e. The number of rotatable bonds is 15. The Hall–Kier alpha value is -3.07. The van der Waals surface area contributed by atoms with E-state index < -0.39 is 47.8 Å². The van der Waals surface area contributed by atoms with Crippen molar-refractivity contribution in [3.63, 3.8) is 0 Å². The third-order valence-electron chi connectivity index (χ3n) is 7.80. The van der Waals surface area contributed by atoms with Crippen LogP contribution in [0.1, 0.15) is 98.5 Å². The summed E-state index contributed by atoms with van der Waals surface area (Å²) in [5, 5.41) is 14.9. The predicted molar refractivity (Wildman–Crippen MR) is 158 cm³/mol. The molecule has 1 aliphatic rings. The maximum atomic E-state index is 13.2. The molecule has 3 rings (SSSR count). The van der Waals surface area contributed by atoms with Crippen LogP contribution >= 0.6 is 22.7 Å². The van der Waals surface area contributed by atoms with Crippen LogP contribution in [-0.4, -0.2) is 62.9 Å². The Bertz CT molecular complexity index is 1310. The highest BCUT2D eigenvalue weighted by molar-refractivity contribution is 7.10. The normalized spacial score (nSPS) is 16.5. The first-order valence-corrected chi connectivity index (χ1v) is 16.2. The number of aromatic nitrogens is 2. The fourth-order valence-corrected chi connectivity index (χ4v) is 6.76. The maximum absolute atomic E-state index is 13.2. The van der Waals surface area contributed by atoms with E-state index in [0.29, 0.717) is 17.3 Å². The number of carboxylic acid groups (broad SMARTS) is 1. The van der Waals surface area contributed by atoms with E-state index in [9.17, 15) is 37.5 Å². The van der Waals surface area contributed by atoms with Gasteiger partial charge in [0, 0.05) is 56.1 Å². The summed E-state index contributed by atoms with van der Waals surface area (Å²) < 4.78 is 44.7.